The molecule has 0 saturated carbocycles. The van der Waals surface area contributed by atoms with Crippen LogP contribution in [0.2, 0.25) is 0 Å². The number of anilines is 1. The number of carboxylic acids is 1. The van der Waals surface area contributed by atoms with Gasteiger partial charge >= 0.3 is 5.97 Å². The van der Waals surface area contributed by atoms with Gasteiger partial charge in [0, 0.05) is 12.1 Å². The number of fused-ring (bicyclic) bond motifs is 1. The van der Waals surface area contributed by atoms with Gasteiger partial charge in [-0.3, -0.25) is 0 Å². The molecule has 3 nitrogen and oxygen atoms in total. The third kappa shape index (κ3) is 1.77. The number of hydrogen-bond acceptors (Lipinski definition) is 2. The van der Waals surface area contributed by atoms with E-state index in [0.29, 0.717) is 6.42 Å². The van der Waals surface area contributed by atoms with Crippen molar-refractivity contribution in [1.82, 2.24) is 0 Å². The summed E-state index contributed by atoms with van der Waals surface area (Å²) in [7, 11) is 0. The number of aliphatic carboxylic acids is 1. The van der Waals surface area contributed by atoms with E-state index in [1.807, 2.05) is 12.1 Å². The van der Waals surface area contributed by atoms with E-state index >= 15 is 0 Å². The maximum absolute atomic E-state index is 11.0. The first-order valence-corrected chi connectivity index (χ1v) is 5.51. The lowest BCUT2D eigenvalue weighted by molar-refractivity contribution is -0.137. The molecule has 0 aliphatic carbocycles. The highest BCUT2D eigenvalue weighted by Crippen LogP contribution is 2.35. The lowest BCUT2D eigenvalue weighted by atomic mass is 9.82. The second-order valence-corrected chi connectivity index (χ2v) is 5.32. The van der Waals surface area contributed by atoms with Gasteiger partial charge in [-0.2, -0.15) is 0 Å². The van der Waals surface area contributed by atoms with E-state index in [9.17, 15) is 4.79 Å². The summed E-state index contributed by atoms with van der Waals surface area (Å²) in [5, 5.41) is 12.1. The molecule has 0 aromatic heterocycles. The Balaban J connectivity index is 2.42. The third-order valence-corrected chi connectivity index (χ3v) is 3.02. The zero-order valence-electron chi connectivity index (χ0n) is 9.87. The van der Waals surface area contributed by atoms with Crippen molar-refractivity contribution < 1.29 is 9.90 Å². The number of rotatable bonds is 1. The van der Waals surface area contributed by atoms with Crippen molar-refractivity contribution in [2.75, 3.05) is 5.32 Å². The SMILES string of the molecule is CC(C)(C)c1cccc2c1CC(C(=O)O)N2. The molecule has 1 aromatic rings. The van der Waals surface area contributed by atoms with Crippen molar-refractivity contribution in [2.24, 2.45) is 0 Å². The molecule has 3 heteroatoms. The molecule has 1 aromatic carbocycles. The molecular formula is C13H17NO2. The Morgan fingerprint density at radius 1 is 1.44 bits per heavy atom. The lowest BCUT2D eigenvalue weighted by Crippen LogP contribution is -2.26. The van der Waals surface area contributed by atoms with E-state index in [0.717, 1.165) is 11.3 Å². The molecule has 16 heavy (non-hydrogen) atoms. The number of carboxylic acid groups (broad SMARTS) is 1. The first kappa shape index (κ1) is 11.0. The summed E-state index contributed by atoms with van der Waals surface area (Å²) in [5.41, 5.74) is 3.42. The van der Waals surface area contributed by atoms with Gasteiger partial charge in [0.05, 0.1) is 0 Å². The van der Waals surface area contributed by atoms with E-state index < -0.39 is 12.0 Å². The van der Waals surface area contributed by atoms with Crippen LogP contribution in [0.25, 0.3) is 0 Å². The average Bonchev–Trinajstić information content (AvgIpc) is 2.58. The lowest BCUT2D eigenvalue weighted by Gasteiger charge is -2.22. The van der Waals surface area contributed by atoms with Crippen LogP contribution in [-0.2, 0) is 16.6 Å². The van der Waals surface area contributed by atoms with Crippen LogP contribution in [0.1, 0.15) is 31.9 Å². The number of hydrogen-bond donors (Lipinski definition) is 2. The maximum Gasteiger partial charge on any atom is 0.326 e. The standard InChI is InChI=1S/C13H17NO2/c1-13(2,3)9-5-4-6-10-8(9)7-11(14-10)12(15)16/h4-6,11,14H,7H2,1-3H3,(H,15,16). The molecule has 1 heterocycles. The Hall–Kier alpha value is -1.51. The van der Waals surface area contributed by atoms with E-state index in [-0.39, 0.29) is 5.41 Å². The minimum absolute atomic E-state index is 0.0560. The summed E-state index contributed by atoms with van der Waals surface area (Å²) < 4.78 is 0. The summed E-state index contributed by atoms with van der Waals surface area (Å²) in [5.74, 6) is -0.781. The van der Waals surface area contributed by atoms with E-state index in [4.69, 9.17) is 5.11 Å². The predicted octanol–water partition coefficient (Wildman–Crippen LogP) is 2.41. The molecule has 2 rings (SSSR count). The Bertz CT molecular complexity index is 432. The normalized spacial score (nSPS) is 19.1. The van der Waals surface area contributed by atoms with Gasteiger partial charge in [-0.25, -0.2) is 4.79 Å². The van der Waals surface area contributed by atoms with Gasteiger partial charge in [0.2, 0.25) is 0 Å². The monoisotopic (exact) mass is 219 g/mol. The number of benzene rings is 1. The molecule has 1 aliphatic heterocycles. The Morgan fingerprint density at radius 2 is 2.12 bits per heavy atom. The Morgan fingerprint density at radius 3 is 2.69 bits per heavy atom. The van der Waals surface area contributed by atoms with Crippen LogP contribution in [0.15, 0.2) is 18.2 Å². The van der Waals surface area contributed by atoms with Crippen LogP contribution in [0.4, 0.5) is 5.69 Å². The minimum atomic E-state index is -0.781. The zero-order valence-corrected chi connectivity index (χ0v) is 9.87. The highest BCUT2D eigenvalue weighted by atomic mass is 16.4. The van der Waals surface area contributed by atoms with Crippen molar-refractivity contribution in [1.29, 1.82) is 0 Å². The van der Waals surface area contributed by atoms with E-state index in [1.54, 1.807) is 0 Å². The third-order valence-electron chi connectivity index (χ3n) is 3.02. The molecular weight excluding hydrogens is 202 g/mol. The second-order valence-electron chi connectivity index (χ2n) is 5.32. The molecule has 0 saturated heterocycles. The Labute approximate surface area is 95.5 Å². The highest BCUT2D eigenvalue weighted by molar-refractivity contribution is 5.81. The van der Waals surface area contributed by atoms with Gasteiger partial charge in [-0.05, 0) is 22.6 Å². The summed E-state index contributed by atoms with van der Waals surface area (Å²) in [6.07, 6.45) is 0.581. The second kappa shape index (κ2) is 3.51. The molecule has 0 bridgehead atoms. The number of carbonyl (C=O) groups is 1. The highest BCUT2D eigenvalue weighted by Gasteiger charge is 2.30. The largest absolute Gasteiger partial charge is 0.480 e. The van der Waals surface area contributed by atoms with Crippen molar-refractivity contribution >= 4 is 11.7 Å². The van der Waals surface area contributed by atoms with Crippen LogP contribution in [0.5, 0.6) is 0 Å². The fourth-order valence-electron chi connectivity index (χ4n) is 2.24. The van der Waals surface area contributed by atoms with Gasteiger partial charge in [-0.15, -0.1) is 0 Å². The van der Waals surface area contributed by atoms with Gasteiger partial charge < -0.3 is 10.4 Å². The number of nitrogens with one attached hydrogen (secondary N) is 1. The quantitative estimate of drug-likeness (QED) is 0.762. The van der Waals surface area contributed by atoms with Gasteiger partial charge in [0.25, 0.3) is 0 Å². The van der Waals surface area contributed by atoms with Crippen molar-refractivity contribution in [3.05, 3.63) is 29.3 Å². The molecule has 1 unspecified atom stereocenters. The van der Waals surface area contributed by atoms with Gasteiger partial charge in [0.15, 0.2) is 0 Å². The van der Waals surface area contributed by atoms with Crippen LogP contribution in [-0.4, -0.2) is 17.1 Å². The van der Waals surface area contributed by atoms with Gasteiger partial charge in [-0.1, -0.05) is 32.9 Å². The molecule has 0 amide bonds. The van der Waals surface area contributed by atoms with Crippen LogP contribution in [0.3, 0.4) is 0 Å². The molecule has 1 aliphatic rings. The molecule has 2 N–H and O–H groups in total. The van der Waals surface area contributed by atoms with E-state index in [1.165, 1.54) is 5.56 Å². The minimum Gasteiger partial charge on any atom is -0.480 e. The first-order chi connectivity index (χ1) is 7.39. The van der Waals surface area contributed by atoms with Crippen LogP contribution < -0.4 is 5.32 Å². The zero-order chi connectivity index (χ0) is 11.9. The molecule has 0 fully saturated rings. The molecule has 0 radical (unpaired) electrons. The van der Waals surface area contributed by atoms with Crippen molar-refractivity contribution in [2.45, 2.75) is 38.6 Å². The van der Waals surface area contributed by atoms with E-state index in [2.05, 4.69) is 32.2 Å². The van der Waals surface area contributed by atoms with Crippen molar-refractivity contribution in [3.63, 3.8) is 0 Å². The van der Waals surface area contributed by atoms with Crippen LogP contribution >= 0.6 is 0 Å². The smallest absolute Gasteiger partial charge is 0.326 e. The summed E-state index contributed by atoms with van der Waals surface area (Å²) in [6.45, 7) is 6.45. The fourth-order valence-corrected chi connectivity index (χ4v) is 2.24. The first-order valence-electron chi connectivity index (χ1n) is 5.51. The fraction of sp³-hybridized carbons (Fsp3) is 0.462. The summed E-state index contributed by atoms with van der Waals surface area (Å²) in [4.78, 5) is 11.0. The predicted molar refractivity (Wildman–Crippen MR) is 63.9 cm³/mol. The van der Waals surface area contributed by atoms with Gasteiger partial charge in [0.1, 0.15) is 6.04 Å². The molecule has 0 spiro atoms. The van der Waals surface area contributed by atoms with Crippen molar-refractivity contribution in [3.8, 4) is 0 Å². The van der Waals surface area contributed by atoms with Crippen LogP contribution in [0, 0.1) is 0 Å². The maximum atomic E-state index is 11.0. The molecule has 86 valence electrons. The Kier molecular flexibility index (Phi) is 2.41. The topological polar surface area (TPSA) is 49.3 Å². The summed E-state index contributed by atoms with van der Waals surface area (Å²) in [6, 6.07) is 5.55. The average molecular weight is 219 g/mol. The summed E-state index contributed by atoms with van der Waals surface area (Å²) >= 11 is 0. The molecule has 1 atom stereocenters.